The highest BCUT2D eigenvalue weighted by atomic mass is 127. The molecule has 0 atom stereocenters. The number of nitrogens with zero attached hydrogens (tertiary/aromatic N) is 1. The van der Waals surface area contributed by atoms with Crippen molar-refractivity contribution in [3.8, 4) is 0 Å². The van der Waals surface area contributed by atoms with Gasteiger partial charge in [0.1, 0.15) is 0 Å². The summed E-state index contributed by atoms with van der Waals surface area (Å²) in [4.78, 5) is 14.3. The Hall–Kier alpha value is -0.730. The molecule has 4 nitrogen and oxygen atoms in total. The lowest BCUT2D eigenvalue weighted by atomic mass is 10.2. The van der Waals surface area contributed by atoms with E-state index >= 15 is 0 Å². The van der Waals surface area contributed by atoms with Crippen LogP contribution in [0.1, 0.15) is 24.2 Å². The minimum Gasteiger partial charge on any atom is -0.361 e. The van der Waals surface area contributed by atoms with Gasteiger partial charge in [0.05, 0.1) is 5.56 Å². The maximum Gasteiger partial charge on any atom is 0.258 e. The fourth-order valence-electron chi connectivity index (χ4n) is 1.73. The quantitative estimate of drug-likeness (QED) is 0.563. The molecule has 1 aromatic rings. The van der Waals surface area contributed by atoms with E-state index in [4.69, 9.17) is 12.2 Å². The number of thiocarbonyl (C=S) groups is 1. The predicted octanol–water partition coefficient (Wildman–Crippen LogP) is 2.24. The Kier molecular flexibility index (Phi) is 8.01. The predicted molar refractivity (Wildman–Crippen MR) is 95.0 cm³/mol. The van der Waals surface area contributed by atoms with Gasteiger partial charge in [-0.2, -0.15) is 0 Å². The zero-order valence-corrected chi connectivity index (χ0v) is 14.8. The van der Waals surface area contributed by atoms with Crippen molar-refractivity contribution in [2.75, 3.05) is 26.2 Å². The van der Waals surface area contributed by atoms with Crippen molar-refractivity contribution in [1.29, 1.82) is 0 Å². The average molecular weight is 405 g/mol. The molecule has 0 fully saturated rings. The number of carbonyl (C=O) groups excluding carboxylic acids is 1. The van der Waals surface area contributed by atoms with Crippen LogP contribution in [0.15, 0.2) is 24.3 Å². The summed E-state index contributed by atoms with van der Waals surface area (Å²) in [6, 6.07) is 7.43. The summed E-state index contributed by atoms with van der Waals surface area (Å²) in [5, 5.41) is 6.14. The van der Waals surface area contributed by atoms with Crippen molar-refractivity contribution in [1.82, 2.24) is 15.5 Å². The van der Waals surface area contributed by atoms with E-state index in [9.17, 15) is 4.79 Å². The van der Waals surface area contributed by atoms with Gasteiger partial charge in [0, 0.05) is 16.7 Å². The number of benzene rings is 1. The van der Waals surface area contributed by atoms with Gasteiger partial charge in [-0.1, -0.05) is 26.0 Å². The van der Waals surface area contributed by atoms with Crippen LogP contribution >= 0.6 is 34.8 Å². The Morgan fingerprint density at radius 2 is 1.95 bits per heavy atom. The van der Waals surface area contributed by atoms with E-state index in [0.29, 0.717) is 10.7 Å². The molecule has 1 amide bonds. The number of likely N-dealkylation sites (N-methyl/N-ethyl adjacent to an activating group) is 1. The van der Waals surface area contributed by atoms with Crippen LogP contribution < -0.4 is 10.6 Å². The van der Waals surface area contributed by atoms with Crippen LogP contribution in [0, 0.1) is 3.57 Å². The van der Waals surface area contributed by atoms with Gasteiger partial charge in [0.2, 0.25) is 0 Å². The molecule has 0 saturated heterocycles. The van der Waals surface area contributed by atoms with Crippen LogP contribution in [0.5, 0.6) is 0 Å². The molecule has 6 heteroatoms. The Balaban J connectivity index is 2.39. The van der Waals surface area contributed by atoms with Gasteiger partial charge in [-0.25, -0.2) is 0 Å². The van der Waals surface area contributed by atoms with Crippen LogP contribution in [0.25, 0.3) is 0 Å². The highest BCUT2D eigenvalue weighted by Gasteiger charge is 2.10. The smallest absolute Gasteiger partial charge is 0.258 e. The zero-order chi connectivity index (χ0) is 15.0. The molecule has 0 aliphatic heterocycles. The van der Waals surface area contributed by atoms with Crippen molar-refractivity contribution in [2.24, 2.45) is 0 Å². The number of carbonyl (C=O) groups is 1. The first-order valence-corrected chi connectivity index (χ1v) is 8.13. The normalized spacial score (nSPS) is 10.4. The van der Waals surface area contributed by atoms with Gasteiger partial charge in [-0.05, 0) is 60.0 Å². The first-order chi connectivity index (χ1) is 9.58. The average Bonchev–Trinajstić information content (AvgIpc) is 2.44. The highest BCUT2D eigenvalue weighted by Crippen LogP contribution is 2.10. The summed E-state index contributed by atoms with van der Waals surface area (Å²) in [7, 11) is 0. The lowest BCUT2D eigenvalue weighted by molar-refractivity contribution is 0.0975. The van der Waals surface area contributed by atoms with Gasteiger partial charge in [0.25, 0.3) is 5.91 Å². The lowest BCUT2D eigenvalue weighted by Crippen LogP contribution is -2.42. The van der Waals surface area contributed by atoms with Crippen LogP contribution in [0.3, 0.4) is 0 Å². The molecular formula is C14H20IN3OS. The van der Waals surface area contributed by atoms with E-state index in [0.717, 1.165) is 29.7 Å². The third kappa shape index (κ3) is 5.72. The molecule has 1 rings (SSSR count). The summed E-state index contributed by atoms with van der Waals surface area (Å²) in [5.41, 5.74) is 0.640. The molecule has 0 bridgehead atoms. The summed E-state index contributed by atoms with van der Waals surface area (Å²) < 4.78 is 0.911. The maximum absolute atomic E-state index is 12.0. The van der Waals surface area contributed by atoms with Crippen LogP contribution in [0.4, 0.5) is 0 Å². The topological polar surface area (TPSA) is 44.4 Å². The molecule has 2 N–H and O–H groups in total. The molecule has 0 spiro atoms. The fraction of sp³-hybridized carbons (Fsp3) is 0.429. The Labute approximate surface area is 139 Å². The molecule has 0 unspecified atom stereocenters. The van der Waals surface area contributed by atoms with E-state index in [1.54, 1.807) is 6.07 Å². The Bertz CT molecular complexity index is 463. The standard InChI is InChI=1S/C14H20IN3OS/c1-3-18(4-2)10-9-16-14(20)17-13(19)11-7-5-6-8-12(11)15/h5-8H,3-4,9-10H2,1-2H3,(H2,16,17,19,20). The van der Waals surface area contributed by atoms with Crippen molar-refractivity contribution in [3.63, 3.8) is 0 Å². The summed E-state index contributed by atoms with van der Waals surface area (Å²) in [6.07, 6.45) is 0. The van der Waals surface area contributed by atoms with E-state index in [-0.39, 0.29) is 5.91 Å². The number of amides is 1. The monoisotopic (exact) mass is 405 g/mol. The second-order valence-electron chi connectivity index (χ2n) is 4.22. The lowest BCUT2D eigenvalue weighted by Gasteiger charge is -2.18. The second-order valence-corrected chi connectivity index (χ2v) is 5.79. The van der Waals surface area contributed by atoms with E-state index in [2.05, 4.69) is 52.0 Å². The van der Waals surface area contributed by atoms with Crippen molar-refractivity contribution in [2.45, 2.75) is 13.8 Å². The maximum atomic E-state index is 12.0. The first kappa shape index (κ1) is 17.3. The first-order valence-electron chi connectivity index (χ1n) is 6.64. The molecule has 0 heterocycles. The molecule has 0 aliphatic carbocycles. The van der Waals surface area contributed by atoms with E-state index in [1.807, 2.05) is 18.2 Å². The number of hydrogen-bond acceptors (Lipinski definition) is 3. The zero-order valence-electron chi connectivity index (χ0n) is 11.8. The van der Waals surface area contributed by atoms with Gasteiger partial charge in [0.15, 0.2) is 5.11 Å². The minimum absolute atomic E-state index is 0.171. The van der Waals surface area contributed by atoms with Crippen molar-refractivity contribution < 1.29 is 4.79 Å². The third-order valence-corrected chi connectivity index (χ3v) is 4.14. The Morgan fingerprint density at radius 1 is 1.30 bits per heavy atom. The molecule has 0 radical (unpaired) electrons. The molecule has 20 heavy (non-hydrogen) atoms. The summed E-state index contributed by atoms with van der Waals surface area (Å²) in [5.74, 6) is -0.171. The molecular weight excluding hydrogens is 385 g/mol. The van der Waals surface area contributed by atoms with Crippen molar-refractivity contribution >= 4 is 45.8 Å². The van der Waals surface area contributed by atoms with Crippen LogP contribution in [-0.4, -0.2) is 42.1 Å². The SMILES string of the molecule is CCN(CC)CCNC(=S)NC(=O)c1ccccc1I. The van der Waals surface area contributed by atoms with Crippen molar-refractivity contribution in [3.05, 3.63) is 33.4 Å². The summed E-state index contributed by atoms with van der Waals surface area (Å²) >= 11 is 7.27. The molecule has 110 valence electrons. The Morgan fingerprint density at radius 3 is 2.55 bits per heavy atom. The second kappa shape index (κ2) is 9.25. The molecule has 0 saturated carbocycles. The van der Waals surface area contributed by atoms with Gasteiger partial charge < -0.3 is 10.2 Å². The van der Waals surface area contributed by atoms with Crippen LogP contribution in [-0.2, 0) is 0 Å². The number of halogens is 1. The minimum atomic E-state index is -0.171. The highest BCUT2D eigenvalue weighted by molar-refractivity contribution is 14.1. The largest absolute Gasteiger partial charge is 0.361 e. The summed E-state index contributed by atoms with van der Waals surface area (Å²) in [6.45, 7) is 7.92. The van der Waals surface area contributed by atoms with Crippen LogP contribution in [0.2, 0.25) is 0 Å². The third-order valence-electron chi connectivity index (χ3n) is 2.95. The number of nitrogens with one attached hydrogen (secondary N) is 2. The van der Waals surface area contributed by atoms with Gasteiger partial charge >= 0.3 is 0 Å². The number of hydrogen-bond donors (Lipinski definition) is 2. The molecule has 0 aliphatic rings. The molecule has 1 aromatic carbocycles. The van der Waals surface area contributed by atoms with E-state index in [1.165, 1.54) is 0 Å². The number of rotatable bonds is 6. The molecule has 0 aromatic heterocycles. The van der Waals surface area contributed by atoms with Gasteiger partial charge in [-0.3, -0.25) is 10.1 Å². The fourth-order valence-corrected chi connectivity index (χ4v) is 2.55. The van der Waals surface area contributed by atoms with Gasteiger partial charge in [-0.15, -0.1) is 0 Å². The van der Waals surface area contributed by atoms with E-state index < -0.39 is 0 Å².